The van der Waals surface area contributed by atoms with Gasteiger partial charge in [-0.2, -0.15) is 0 Å². The Labute approximate surface area is 220 Å². The highest BCUT2D eigenvalue weighted by Crippen LogP contribution is 2.36. The van der Waals surface area contributed by atoms with Crippen LogP contribution in [0.25, 0.3) is 11.2 Å². The lowest BCUT2D eigenvalue weighted by Gasteiger charge is -2.25. The van der Waals surface area contributed by atoms with Crippen molar-refractivity contribution < 1.29 is 33.3 Å². The zero-order valence-electron chi connectivity index (χ0n) is 22.4. The van der Waals surface area contributed by atoms with Crippen LogP contribution in [0.5, 0.6) is 0 Å². The first-order valence-electron chi connectivity index (χ1n) is 12.1. The van der Waals surface area contributed by atoms with E-state index in [1.165, 1.54) is 26.5 Å². The maximum absolute atomic E-state index is 12.0. The Balaban J connectivity index is 1.72. The number of nitrogens with one attached hydrogen (secondary N) is 1. The van der Waals surface area contributed by atoms with E-state index in [0.29, 0.717) is 30.8 Å². The number of ether oxygens (including phenoxy) is 4. The van der Waals surface area contributed by atoms with Gasteiger partial charge in [0, 0.05) is 33.5 Å². The number of fused-ring (bicyclic) bond motifs is 1. The molecule has 0 bridgehead atoms. The van der Waals surface area contributed by atoms with Crippen LogP contribution in [0.3, 0.4) is 0 Å². The molecule has 38 heavy (non-hydrogen) atoms. The Morgan fingerprint density at radius 1 is 1.13 bits per heavy atom. The molecule has 0 saturated carbocycles. The molecule has 3 heterocycles. The number of rotatable bonds is 9. The van der Waals surface area contributed by atoms with Crippen LogP contribution in [0.4, 0.5) is 10.6 Å². The molecule has 1 amide bonds. The van der Waals surface area contributed by atoms with Gasteiger partial charge in [-0.25, -0.2) is 19.7 Å². The van der Waals surface area contributed by atoms with Gasteiger partial charge in [0.1, 0.15) is 23.5 Å². The standard InChI is InChI=1S/C24H35N7O7/c1-14(32)35-18-16(11-30(6)10-8-7-9-26-23(34)38-24(3,4)5)37-22(19(18)36-15(2)33)31-13-29-17-20(25)27-12-28-21(17)31/h7-8,12-13,16,18-19,22H,9-11H2,1-6H3,(H,26,34)(H2,25,27,28)/b8-7-/t16-,18-,19-,22-/m1/s1. The molecule has 3 rings (SSSR count). The first-order valence-corrected chi connectivity index (χ1v) is 12.1. The van der Waals surface area contributed by atoms with Crippen molar-refractivity contribution in [3.05, 3.63) is 24.8 Å². The van der Waals surface area contributed by atoms with Gasteiger partial charge in [-0.05, 0) is 27.8 Å². The van der Waals surface area contributed by atoms with Gasteiger partial charge in [0.15, 0.2) is 29.9 Å². The maximum Gasteiger partial charge on any atom is 0.407 e. The summed E-state index contributed by atoms with van der Waals surface area (Å²) in [5.74, 6) is -0.912. The number of anilines is 1. The molecular weight excluding hydrogens is 498 g/mol. The highest BCUT2D eigenvalue weighted by atomic mass is 16.6. The summed E-state index contributed by atoms with van der Waals surface area (Å²) in [5.41, 5.74) is 6.10. The summed E-state index contributed by atoms with van der Waals surface area (Å²) in [4.78, 5) is 50.1. The molecule has 1 aliphatic rings. The normalized spacial score (nSPS) is 21.7. The molecule has 0 spiro atoms. The average Bonchev–Trinajstić information content (AvgIpc) is 3.35. The van der Waals surface area contributed by atoms with Crippen LogP contribution >= 0.6 is 0 Å². The van der Waals surface area contributed by atoms with Crippen molar-refractivity contribution in [2.75, 3.05) is 32.4 Å². The zero-order chi connectivity index (χ0) is 28.0. The number of hydrogen-bond donors (Lipinski definition) is 2. The van der Waals surface area contributed by atoms with Gasteiger partial charge in [-0.3, -0.25) is 19.1 Å². The van der Waals surface area contributed by atoms with E-state index in [-0.39, 0.29) is 5.82 Å². The maximum atomic E-state index is 12.0. The van der Waals surface area contributed by atoms with E-state index < -0.39 is 48.2 Å². The number of alkyl carbamates (subject to hydrolysis) is 1. The van der Waals surface area contributed by atoms with Crippen LogP contribution in [0, 0.1) is 0 Å². The van der Waals surface area contributed by atoms with E-state index in [2.05, 4.69) is 20.3 Å². The lowest BCUT2D eigenvalue weighted by molar-refractivity contribution is -0.165. The first-order chi connectivity index (χ1) is 17.9. The van der Waals surface area contributed by atoms with E-state index in [0.717, 1.165) is 0 Å². The van der Waals surface area contributed by atoms with Crippen molar-refractivity contribution in [3.8, 4) is 0 Å². The minimum atomic E-state index is -0.961. The molecule has 0 unspecified atom stereocenters. The molecule has 1 fully saturated rings. The Hall–Kier alpha value is -3.78. The van der Waals surface area contributed by atoms with Gasteiger partial charge in [0.05, 0.1) is 6.33 Å². The van der Waals surface area contributed by atoms with E-state index in [4.69, 9.17) is 24.7 Å². The number of nitrogens with zero attached hydrogens (tertiary/aromatic N) is 5. The second kappa shape index (κ2) is 12.2. The van der Waals surface area contributed by atoms with Crippen LogP contribution in [-0.4, -0.2) is 93.0 Å². The molecule has 0 aromatic carbocycles. The fourth-order valence-electron chi connectivity index (χ4n) is 3.96. The molecule has 2 aromatic rings. The fourth-order valence-corrected chi connectivity index (χ4v) is 3.96. The number of aromatic nitrogens is 4. The molecule has 0 radical (unpaired) electrons. The summed E-state index contributed by atoms with van der Waals surface area (Å²) >= 11 is 0. The number of nitrogens with two attached hydrogens (primary N) is 1. The Morgan fingerprint density at radius 3 is 2.47 bits per heavy atom. The second-order valence-electron chi connectivity index (χ2n) is 9.87. The molecule has 1 aliphatic heterocycles. The summed E-state index contributed by atoms with van der Waals surface area (Å²) < 4.78 is 24.2. The van der Waals surface area contributed by atoms with E-state index in [1.54, 1.807) is 31.4 Å². The number of carbonyl (C=O) groups excluding carboxylic acids is 3. The van der Waals surface area contributed by atoms with Crippen LogP contribution < -0.4 is 11.1 Å². The Bertz CT molecular complexity index is 1180. The number of amides is 1. The summed E-state index contributed by atoms with van der Waals surface area (Å²) in [5, 5.41) is 2.65. The quantitative estimate of drug-likeness (QED) is 0.268. The molecule has 3 N–H and O–H groups in total. The van der Waals surface area contributed by atoms with Crippen LogP contribution in [0.2, 0.25) is 0 Å². The van der Waals surface area contributed by atoms with Crippen molar-refractivity contribution in [3.63, 3.8) is 0 Å². The highest BCUT2D eigenvalue weighted by molar-refractivity contribution is 5.81. The third-order valence-corrected chi connectivity index (χ3v) is 5.39. The predicted octanol–water partition coefficient (Wildman–Crippen LogP) is 1.18. The molecule has 14 nitrogen and oxygen atoms in total. The number of nitrogen functional groups attached to an aromatic ring is 1. The number of imidazole rings is 1. The highest BCUT2D eigenvalue weighted by Gasteiger charge is 2.50. The van der Waals surface area contributed by atoms with Crippen molar-refractivity contribution in [2.45, 2.75) is 64.8 Å². The van der Waals surface area contributed by atoms with Crippen molar-refractivity contribution in [2.24, 2.45) is 0 Å². The van der Waals surface area contributed by atoms with Gasteiger partial charge >= 0.3 is 18.0 Å². The van der Waals surface area contributed by atoms with E-state index in [9.17, 15) is 14.4 Å². The smallest absolute Gasteiger partial charge is 0.407 e. The lowest BCUT2D eigenvalue weighted by Crippen LogP contribution is -2.43. The molecule has 0 aliphatic carbocycles. The van der Waals surface area contributed by atoms with Gasteiger partial charge in [-0.15, -0.1) is 0 Å². The molecule has 208 valence electrons. The van der Waals surface area contributed by atoms with Crippen LogP contribution in [0.1, 0.15) is 40.8 Å². The minimum Gasteiger partial charge on any atom is -0.456 e. The summed E-state index contributed by atoms with van der Waals surface area (Å²) in [6.45, 7) is 9.06. The van der Waals surface area contributed by atoms with Crippen LogP contribution in [0.15, 0.2) is 24.8 Å². The summed E-state index contributed by atoms with van der Waals surface area (Å²) in [6.07, 6.45) is 2.55. The lowest BCUT2D eigenvalue weighted by atomic mass is 10.1. The number of carbonyl (C=O) groups is 3. The third-order valence-electron chi connectivity index (χ3n) is 5.39. The number of likely N-dealkylation sites (N-methyl/N-ethyl adjacent to an activating group) is 1. The Morgan fingerprint density at radius 2 is 1.82 bits per heavy atom. The largest absolute Gasteiger partial charge is 0.456 e. The van der Waals surface area contributed by atoms with Crippen LogP contribution in [-0.2, 0) is 28.5 Å². The Kier molecular flexibility index (Phi) is 9.22. The van der Waals surface area contributed by atoms with Gasteiger partial charge in [0.25, 0.3) is 0 Å². The predicted molar refractivity (Wildman–Crippen MR) is 136 cm³/mol. The van der Waals surface area contributed by atoms with Crippen molar-refractivity contribution >= 4 is 35.0 Å². The molecule has 4 atom stereocenters. The number of esters is 2. The van der Waals surface area contributed by atoms with E-state index in [1.807, 2.05) is 18.0 Å². The van der Waals surface area contributed by atoms with Gasteiger partial charge in [0.2, 0.25) is 0 Å². The molecule has 2 aromatic heterocycles. The van der Waals surface area contributed by atoms with Crippen molar-refractivity contribution in [1.82, 2.24) is 29.7 Å². The van der Waals surface area contributed by atoms with Gasteiger partial charge < -0.3 is 30.0 Å². The number of hydrogen-bond acceptors (Lipinski definition) is 12. The molecule has 1 saturated heterocycles. The summed E-state index contributed by atoms with van der Waals surface area (Å²) in [7, 11) is 1.86. The molecule has 14 heteroatoms. The molecular formula is C24H35N7O7. The fraction of sp³-hybridized carbons (Fsp3) is 0.583. The average molecular weight is 534 g/mol. The topological polar surface area (TPSA) is 173 Å². The minimum absolute atomic E-state index is 0.191. The third kappa shape index (κ3) is 7.61. The zero-order valence-corrected chi connectivity index (χ0v) is 22.4. The summed E-state index contributed by atoms with van der Waals surface area (Å²) in [6, 6.07) is 0. The van der Waals surface area contributed by atoms with E-state index >= 15 is 0 Å². The first kappa shape index (κ1) is 28.8. The van der Waals surface area contributed by atoms with Gasteiger partial charge in [-0.1, -0.05) is 12.2 Å². The van der Waals surface area contributed by atoms with Crippen molar-refractivity contribution in [1.29, 1.82) is 0 Å². The monoisotopic (exact) mass is 533 g/mol. The SMILES string of the molecule is CC(=O)O[C@@H]1[C@H](OC(C)=O)[C@@H](CN(C)C/C=C\CNC(=O)OC(C)(C)C)O[C@H]1n1cnc2c(N)ncnc21. The second-order valence-corrected chi connectivity index (χ2v) is 9.87.